The topological polar surface area (TPSA) is 21.3 Å². The van der Waals surface area contributed by atoms with E-state index in [0.29, 0.717) is 0 Å². The number of furan rings is 1. The van der Waals surface area contributed by atoms with Crippen LogP contribution in [-0.2, 0) is 0 Å². The first-order chi connectivity index (χ1) is 32.2. The molecule has 0 aliphatic heterocycles. The molecule has 13 rings (SSSR count). The average Bonchev–Trinajstić information content (AvgIpc) is 3.94. The summed E-state index contributed by atoms with van der Waals surface area (Å²) in [6.07, 6.45) is 0. The minimum atomic E-state index is 0.861. The lowest BCUT2D eigenvalue weighted by atomic mass is 9.96. The molecule has 0 spiro atoms. The highest BCUT2D eigenvalue weighted by atomic mass is 16.3. The fraction of sp³-hybridized carbons (Fsp3) is 0. The van der Waals surface area contributed by atoms with E-state index in [0.717, 1.165) is 61.4 Å². The highest BCUT2D eigenvalue weighted by molar-refractivity contribution is 6.20. The quantitative estimate of drug-likeness (QED) is 0.149. The maximum absolute atomic E-state index is 6.92. The lowest BCUT2D eigenvalue weighted by Gasteiger charge is -2.28. The van der Waals surface area contributed by atoms with Crippen LogP contribution in [0.3, 0.4) is 0 Å². The molecule has 11 aromatic carbocycles. The van der Waals surface area contributed by atoms with Crippen molar-refractivity contribution in [3.63, 3.8) is 0 Å². The first-order valence-corrected chi connectivity index (χ1v) is 22.2. The molecule has 0 aliphatic rings. The standard InChI is InChI=1S/C62H40N2O/c1-3-14-41(15-4-1)42-26-28-45(29-27-42)51-37-39-58(61-53-22-10-12-25-59(53)65-62(51)61)64(57-24-13-17-46-31-30-44-16-7-8-20-50(44)60(46)57)49-35-32-43(33-36-49)47-34-38-56-54(40-47)52-21-9-11-23-55(52)63(56)48-18-5-2-6-19-48/h1-40H. The highest BCUT2D eigenvalue weighted by Crippen LogP contribution is 2.49. The third-order valence-corrected chi connectivity index (χ3v) is 13.2. The molecule has 0 saturated carbocycles. The van der Waals surface area contributed by atoms with Crippen LogP contribution >= 0.6 is 0 Å². The predicted molar refractivity (Wildman–Crippen MR) is 274 cm³/mol. The van der Waals surface area contributed by atoms with Crippen molar-refractivity contribution in [3.8, 4) is 39.1 Å². The summed E-state index contributed by atoms with van der Waals surface area (Å²) in [6, 6.07) is 87.6. The molecular formula is C62H40N2O. The fourth-order valence-corrected chi connectivity index (χ4v) is 10.1. The number of aromatic nitrogens is 1. The van der Waals surface area contributed by atoms with Crippen LogP contribution in [0, 0.1) is 0 Å². The molecular weight excluding hydrogens is 789 g/mol. The SMILES string of the molecule is c1ccc(-c2ccc(-c3ccc(N(c4ccc(-c5ccc6c(c5)c5ccccc5n6-c5ccccc5)cc4)c4cccc5ccc6ccccc6c45)c4c3oc3ccccc34)cc2)cc1. The molecule has 304 valence electrons. The van der Waals surface area contributed by atoms with E-state index in [4.69, 9.17) is 4.42 Å². The van der Waals surface area contributed by atoms with Gasteiger partial charge in [-0.15, -0.1) is 0 Å². The van der Waals surface area contributed by atoms with Crippen LogP contribution in [0.5, 0.6) is 0 Å². The van der Waals surface area contributed by atoms with Gasteiger partial charge < -0.3 is 13.9 Å². The number of fused-ring (bicyclic) bond motifs is 9. The zero-order valence-corrected chi connectivity index (χ0v) is 35.4. The Morgan fingerprint density at radius 2 is 0.923 bits per heavy atom. The van der Waals surface area contributed by atoms with Gasteiger partial charge in [0.25, 0.3) is 0 Å². The van der Waals surface area contributed by atoms with Gasteiger partial charge in [-0.05, 0) is 111 Å². The van der Waals surface area contributed by atoms with Crippen molar-refractivity contribution < 1.29 is 4.42 Å². The first kappa shape index (κ1) is 36.9. The van der Waals surface area contributed by atoms with Gasteiger partial charge in [-0.3, -0.25) is 0 Å². The molecule has 0 saturated heterocycles. The molecule has 0 bridgehead atoms. The minimum Gasteiger partial charge on any atom is -0.455 e. The normalized spacial score (nSPS) is 11.7. The molecule has 0 amide bonds. The highest BCUT2D eigenvalue weighted by Gasteiger charge is 2.24. The van der Waals surface area contributed by atoms with Crippen LogP contribution in [0.15, 0.2) is 247 Å². The van der Waals surface area contributed by atoms with E-state index >= 15 is 0 Å². The van der Waals surface area contributed by atoms with Crippen molar-refractivity contribution in [2.45, 2.75) is 0 Å². The summed E-state index contributed by atoms with van der Waals surface area (Å²) in [5.74, 6) is 0. The van der Waals surface area contributed by atoms with E-state index in [1.807, 2.05) is 0 Å². The number of rotatable bonds is 7. The summed E-state index contributed by atoms with van der Waals surface area (Å²) in [7, 11) is 0. The molecule has 0 N–H and O–H groups in total. The molecule has 3 heteroatoms. The third kappa shape index (κ3) is 6.05. The number of para-hydroxylation sites is 3. The Kier molecular flexibility index (Phi) is 8.53. The monoisotopic (exact) mass is 828 g/mol. The van der Waals surface area contributed by atoms with Crippen LogP contribution in [0.4, 0.5) is 17.1 Å². The van der Waals surface area contributed by atoms with Gasteiger partial charge in [0.1, 0.15) is 11.2 Å². The lowest BCUT2D eigenvalue weighted by Crippen LogP contribution is -2.11. The summed E-state index contributed by atoms with van der Waals surface area (Å²) in [5.41, 5.74) is 15.4. The number of hydrogen-bond acceptors (Lipinski definition) is 2. The Bertz CT molecular complexity index is 3920. The second-order valence-electron chi connectivity index (χ2n) is 16.8. The summed E-state index contributed by atoms with van der Waals surface area (Å²) in [6.45, 7) is 0. The van der Waals surface area contributed by atoms with E-state index in [1.165, 1.54) is 60.0 Å². The van der Waals surface area contributed by atoms with Crippen molar-refractivity contribution in [1.29, 1.82) is 0 Å². The van der Waals surface area contributed by atoms with Gasteiger partial charge in [-0.25, -0.2) is 0 Å². The number of benzene rings is 11. The van der Waals surface area contributed by atoms with E-state index in [2.05, 4.69) is 252 Å². The van der Waals surface area contributed by atoms with Gasteiger partial charge in [0, 0.05) is 38.5 Å². The van der Waals surface area contributed by atoms with Crippen LogP contribution in [0.25, 0.3) is 104 Å². The van der Waals surface area contributed by atoms with Crippen molar-refractivity contribution in [1.82, 2.24) is 4.57 Å². The van der Waals surface area contributed by atoms with E-state index in [-0.39, 0.29) is 0 Å². The first-order valence-electron chi connectivity index (χ1n) is 22.2. The second kappa shape index (κ2) is 15.0. The molecule has 65 heavy (non-hydrogen) atoms. The molecule has 0 radical (unpaired) electrons. The zero-order chi connectivity index (χ0) is 42.8. The number of hydrogen-bond donors (Lipinski definition) is 0. The van der Waals surface area contributed by atoms with Gasteiger partial charge in [0.05, 0.1) is 27.8 Å². The summed E-state index contributed by atoms with van der Waals surface area (Å²) in [4.78, 5) is 2.45. The minimum absolute atomic E-state index is 0.861. The molecule has 2 heterocycles. The van der Waals surface area contributed by atoms with E-state index in [9.17, 15) is 0 Å². The van der Waals surface area contributed by atoms with E-state index in [1.54, 1.807) is 0 Å². The molecule has 13 aromatic rings. The maximum Gasteiger partial charge on any atom is 0.145 e. The van der Waals surface area contributed by atoms with Crippen LogP contribution in [-0.4, -0.2) is 4.57 Å². The molecule has 0 fully saturated rings. The smallest absolute Gasteiger partial charge is 0.145 e. The Morgan fingerprint density at radius 1 is 0.338 bits per heavy atom. The van der Waals surface area contributed by atoms with Crippen molar-refractivity contribution in [3.05, 3.63) is 243 Å². The molecule has 0 atom stereocenters. The Morgan fingerprint density at radius 3 is 1.75 bits per heavy atom. The lowest BCUT2D eigenvalue weighted by molar-refractivity contribution is 0.670. The van der Waals surface area contributed by atoms with Gasteiger partial charge in [-0.1, -0.05) is 176 Å². The molecule has 0 aliphatic carbocycles. The number of nitrogens with zero attached hydrogens (tertiary/aromatic N) is 2. The summed E-state index contributed by atoms with van der Waals surface area (Å²) < 4.78 is 9.29. The second-order valence-corrected chi connectivity index (χ2v) is 16.8. The van der Waals surface area contributed by atoms with Crippen LogP contribution in [0.1, 0.15) is 0 Å². The zero-order valence-electron chi connectivity index (χ0n) is 35.4. The van der Waals surface area contributed by atoms with Crippen molar-refractivity contribution >= 4 is 82.4 Å². The van der Waals surface area contributed by atoms with Gasteiger partial charge in [-0.2, -0.15) is 0 Å². The Labute approximate surface area is 376 Å². The summed E-state index contributed by atoms with van der Waals surface area (Å²) >= 11 is 0. The van der Waals surface area contributed by atoms with Gasteiger partial charge in [0.2, 0.25) is 0 Å². The Hall–Kier alpha value is -8.66. The largest absolute Gasteiger partial charge is 0.455 e. The average molecular weight is 829 g/mol. The van der Waals surface area contributed by atoms with Crippen LogP contribution < -0.4 is 4.90 Å². The van der Waals surface area contributed by atoms with Gasteiger partial charge in [0.15, 0.2) is 0 Å². The van der Waals surface area contributed by atoms with Crippen molar-refractivity contribution in [2.24, 2.45) is 0 Å². The van der Waals surface area contributed by atoms with Crippen molar-refractivity contribution in [2.75, 3.05) is 4.90 Å². The van der Waals surface area contributed by atoms with Gasteiger partial charge >= 0.3 is 0 Å². The third-order valence-electron chi connectivity index (χ3n) is 13.2. The Balaban J connectivity index is 1.01. The summed E-state index contributed by atoms with van der Waals surface area (Å²) in [5, 5.41) is 9.45. The predicted octanol–water partition coefficient (Wildman–Crippen LogP) is 17.5. The molecule has 0 unspecified atom stereocenters. The van der Waals surface area contributed by atoms with Crippen LogP contribution in [0.2, 0.25) is 0 Å². The molecule has 3 nitrogen and oxygen atoms in total. The number of anilines is 3. The fourth-order valence-electron chi connectivity index (χ4n) is 10.1. The maximum atomic E-state index is 6.92. The van der Waals surface area contributed by atoms with E-state index < -0.39 is 0 Å². The molecule has 2 aromatic heterocycles.